The van der Waals surface area contributed by atoms with Gasteiger partial charge in [0.25, 0.3) is 5.91 Å². The number of carbonyl (C=O) groups is 1. The molecule has 0 saturated heterocycles. The summed E-state index contributed by atoms with van der Waals surface area (Å²) in [5, 5.41) is 12.5. The summed E-state index contributed by atoms with van der Waals surface area (Å²) >= 11 is 0. The lowest BCUT2D eigenvalue weighted by molar-refractivity contribution is 0.0950. The zero-order valence-electron chi connectivity index (χ0n) is 13.4. The highest BCUT2D eigenvalue weighted by atomic mass is 16.3. The Balaban J connectivity index is 1.77. The normalized spacial score (nSPS) is 10.4. The van der Waals surface area contributed by atoms with Crippen molar-refractivity contribution >= 4 is 5.91 Å². The van der Waals surface area contributed by atoms with Crippen molar-refractivity contribution in [1.82, 2.24) is 10.3 Å². The number of benzene rings is 2. The standard InChI is InChI=1S/C20H18N2O2/c1-14-9-16(7-8-19(14)23)17-10-18(13-21-12-17)20(24)22-11-15-5-3-2-4-6-15/h2-10,12-13,23H,11H2,1H3,(H,22,24). The number of phenols is 1. The second-order valence-corrected chi connectivity index (χ2v) is 5.63. The largest absolute Gasteiger partial charge is 0.508 e. The molecule has 0 saturated carbocycles. The zero-order valence-corrected chi connectivity index (χ0v) is 13.4. The molecule has 1 amide bonds. The smallest absolute Gasteiger partial charge is 0.253 e. The van der Waals surface area contributed by atoms with Crippen molar-refractivity contribution in [2.24, 2.45) is 0 Å². The summed E-state index contributed by atoms with van der Waals surface area (Å²) in [7, 11) is 0. The number of nitrogens with zero attached hydrogens (tertiary/aromatic N) is 1. The van der Waals surface area contributed by atoms with Crippen LogP contribution in [0.4, 0.5) is 0 Å². The van der Waals surface area contributed by atoms with E-state index in [-0.39, 0.29) is 11.7 Å². The first-order valence-electron chi connectivity index (χ1n) is 7.70. The van der Waals surface area contributed by atoms with Crippen LogP contribution < -0.4 is 5.32 Å². The number of amides is 1. The van der Waals surface area contributed by atoms with Crippen LogP contribution >= 0.6 is 0 Å². The predicted molar refractivity (Wildman–Crippen MR) is 93.7 cm³/mol. The fourth-order valence-electron chi connectivity index (χ4n) is 2.44. The molecule has 0 radical (unpaired) electrons. The minimum Gasteiger partial charge on any atom is -0.508 e. The van der Waals surface area contributed by atoms with E-state index in [0.29, 0.717) is 12.1 Å². The van der Waals surface area contributed by atoms with Gasteiger partial charge < -0.3 is 10.4 Å². The molecule has 2 N–H and O–H groups in total. The van der Waals surface area contributed by atoms with Crippen LogP contribution in [0.25, 0.3) is 11.1 Å². The van der Waals surface area contributed by atoms with Crippen LogP contribution in [0.1, 0.15) is 21.5 Å². The Hall–Kier alpha value is -3.14. The third-order valence-electron chi connectivity index (χ3n) is 3.83. The molecular formula is C20H18N2O2. The second-order valence-electron chi connectivity index (χ2n) is 5.63. The first kappa shape index (κ1) is 15.7. The summed E-state index contributed by atoms with van der Waals surface area (Å²) in [6, 6.07) is 16.9. The molecule has 0 bridgehead atoms. The van der Waals surface area contributed by atoms with Gasteiger partial charge in [-0.15, -0.1) is 0 Å². The highest BCUT2D eigenvalue weighted by Crippen LogP contribution is 2.25. The molecule has 1 heterocycles. The van der Waals surface area contributed by atoms with Gasteiger partial charge in [-0.1, -0.05) is 36.4 Å². The average Bonchev–Trinajstić information content (AvgIpc) is 2.63. The number of pyridine rings is 1. The van der Waals surface area contributed by atoms with Crippen molar-refractivity contribution in [3.05, 3.63) is 83.7 Å². The summed E-state index contributed by atoms with van der Waals surface area (Å²) in [5.41, 5.74) is 4.09. The molecule has 0 atom stereocenters. The molecule has 0 aliphatic rings. The number of aromatic hydroxyl groups is 1. The summed E-state index contributed by atoms with van der Waals surface area (Å²) in [5.74, 6) is 0.0900. The monoisotopic (exact) mass is 318 g/mol. The number of aromatic nitrogens is 1. The van der Waals surface area contributed by atoms with E-state index in [1.807, 2.05) is 49.4 Å². The predicted octanol–water partition coefficient (Wildman–Crippen LogP) is 3.69. The van der Waals surface area contributed by atoms with Crippen LogP contribution in [0, 0.1) is 6.92 Å². The first-order chi connectivity index (χ1) is 11.6. The topological polar surface area (TPSA) is 62.2 Å². The van der Waals surface area contributed by atoms with Crippen LogP contribution in [0.15, 0.2) is 67.0 Å². The summed E-state index contributed by atoms with van der Waals surface area (Å²) in [6.07, 6.45) is 3.26. The SMILES string of the molecule is Cc1cc(-c2cncc(C(=O)NCc3ccccc3)c2)ccc1O. The van der Waals surface area contributed by atoms with Crippen LogP contribution in [0.5, 0.6) is 5.75 Å². The van der Waals surface area contributed by atoms with Gasteiger partial charge in [0.05, 0.1) is 5.56 Å². The van der Waals surface area contributed by atoms with Crippen LogP contribution in [0.2, 0.25) is 0 Å². The number of aryl methyl sites for hydroxylation is 1. The second kappa shape index (κ2) is 6.96. The molecule has 4 heteroatoms. The van der Waals surface area contributed by atoms with E-state index in [4.69, 9.17) is 0 Å². The lowest BCUT2D eigenvalue weighted by atomic mass is 10.0. The maximum Gasteiger partial charge on any atom is 0.253 e. The average molecular weight is 318 g/mol. The molecule has 0 fully saturated rings. The van der Waals surface area contributed by atoms with Gasteiger partial charge in [-0.25, -0.2) is 0 Å². The van der Waals surface area contributed by atoms with E-state index < -0.39 is 0 Å². The number of nitrogens with one attached hydrogen (secondary N) is 1. The fourth-order valence-corrected chi connectivity index (χ4v) is 2.44. The number of rotatable bonds is 4. The molecule has 4 nitrogen and oxygen atoms in total. The molecular weight excluding hydrogens is 300 g/mol. The molecule has 1 aromatic heterocycles. The van der Waals surface area contributed by atoms with Gasteiger partial charge in [0.15, 0.2) is 0 Å². The Morgan fingerprint density at radius 1 is 1.04 bits per heavy atom. The maximum absolute atomic E-state index is 12.3. The summed E-state index contributed by atoms with van der Waals surface area (Å²) < 4.78 is 0. The van der Waals surface area contributed by atoms with E-state index >= 15 is 0 Å². The minimum absolute atomic E-state index is 0.163. The Labute approximate surface area is 140 Å². The van der Waals surface area contributed by atoms with Gasteiger partial charge in [0, 0.05) is 24.5 Å². The van der Waals surface area contributed by atoms with Crippen molar-refractivity contribution < 1.29 is 9.90 Å². The van der Waals surface area contributed by atoms with Gasteiger partial charge in [-0.2, -0.15) is 0 Å². The molecule has 3 aromatic rings. The summed E-state index contributed by atoms with van der Waals surface area (Å²) in [4.78, 5) is 16.5. The van der Waals surface area contributed by atoms with E-state index in [9.17, 15) is 9.90 Å². The lowest BCUT2D eigenvalue weighted by Gasteiger charge is -2.08. The Kier molecular flexibility index (Phi) is 4.57. The highest BCUT2D eigenvalue weighted by molar-refractivity contribution is 5.95. The number of phenolic OH excluding ortho intramolecular Hbond substituents is 1. The molecule has 0 spiro atoms. The van der Waals surface area contributed by atoms with Gasteiger partial charge in [0.2, 0.25) is 0 Å². The summed E-state index contributed by atoms with van der Waals surface area (Å²) in [6.45, 7) is 2.31. The quantitative estimate of drug-likeness (QED) is 0.771. The Morgan fingerprint density at radius 2 is 1.83 bits per heavy atom. The van der Waals surface area contributed by atoms with Crippen LogP contribution in [0.3, 0.4) is 0 Å². The van der Waals surface area contributed by atoms with Gasteiger partial charge in [-0.3, -0.25) is 9.78 Å². The Morgan fingerprint density at radius 3 is 2.58 bits per heavy atom. The van der Waals surface area contributed by atoms with Crippen molar-refractivity contribution in [2.45, 2.75) is 13.5 Å². The molecule has 0 unspecified atom stereocenters. The van der Waals surface area contributed by atoms with Crippen molar-refractivity contribution in [1.29, 1.82) is 0 Å². The van der Waals surface area contributed by atoms with Gasteiger partial charge in [-0.05, 0) is 41.8 Å². The van der Waals surface area contributed by atoms with Gasteiger partial charge in [0.1, 0.15) is 5.75 Å². The Bertz CT molecular complexity index is 861. The fraction of sp³-hybridized carbons (Fsp3) is 0.100. The maximum atomic E-state index is 12.3. The molecule has 24 heavy (non-hydrogen) atoms. The number of hydrogen-bond acceptors (Lipinski definition) is 3. The lowest BCUT2D eigenvalue weighted by Crippen LogP contribution is -2.22. The van der Waals surface area contributed by atoms with E-state index in [1.165, 1.54) is 0 Å². The van der Waals surface area contributed by atoms with Crippen molar-refractivity contribution in [3.63, 3.8) is 0 Å². The molecule has 2 aromatic carbocycles. The number of hydrogen-bond donors (Lipinski definition) is 2. The van der Waals surface area contributed by atoms with E-state index in [0.717, 1.165) is 22.3 Å². The van der Waals surface area contributed by atoms with Gasteiger partial charge >= 0.3 is 0 Å². The van der Waals surface area contributed by atoms with Crippen LogP contribution in [-0.4, -0.2) is 16.0 Å². The third-order valence-corrected chi connectivity index (χ3v) is 3.83. The minimum atomic E-state index is -0.163. The van der Waals surface area contributed by atoms with Crippen LogP contribution in [-0.2, 0) is 6.54 Å². The first-order valence-corrected chi connectivity index (χ1v) is 7.70. The van der Waals surface area contributed by atoms with Crippen molar-refractivity contribution in [3.8, 4) is 16.9 Å². The zero-order chi connectivity index (χ0) is 16.9. The van der Waals surface area contributed by atoms with Crippen molar-refractivity contribution in [2.75, 3.05) is 0 Å². The molecule has 0 aliphatic heterocycles. The van der Waals surface area contributed by atoms with E-state index in [1.54, 1.807) is 24.5 Å². The molecule has 120 valence electrons. The highest BCUT2D eigenvalue weighted by Gasteiger charge is 2.08. The van der Waals surface area contributed by atoms with E-state index in [2.05, 4.69) is 10.3 Å². The molecule has 0 aliphatic carbocycles. The third kappa shape index (κ3) is 3.60. The molecule has 3 rings (SSSR count). The number of carbonyl (C=O) groups excluding carboxylic acids is 1.